The molecular formula is C11H9N3O5. The second kappa shape index (κ2) is 4.04. The Morgan fingerprint density at radius 1 is 1.63 bits per heavy atom. The average molecular weight is 263 g/mol. The predicted octanol–water partition coefficient (Wildman–Crippen LogP) is 0.398. The van der Waals surface area contributed by atoms with E-state index in [0.717, 1.165) is 0 Å². The number of hydrogen-bond donors (Lipinski definition) is 2. The fraction of sp³-hybridized carbons (Fsp3) is 0.182. The van der Waals surface area contributed by atoms with Crippen LogP contribution in [0.4, 0.5) is 0 Å². The number of carbonyl (C=O) groups is 2. The molecule has 2 aromatic rings. The largest absolute Gasteiger partial charge is 0.451 e. The summed E-state index contributed by atoms with van der Waals surface area (Å²) >= 11 is 0. The SMILES string of the molecule is CC=NC(NN)OC(=O)c1c2c3oc1cc3OC2=O. The van der Waals surface area contributed by atoms with Crippen LogP contribution in [-0.2, 0) is 4.74 Å². The van der Waals surface area contributed by atoms with E-state index >= 15 is 0 Å². The zero-order valence-electron chi connectivity index (χ0n) is 9.80. The number of nitrogens with one attached hydrogen (secondary N) is 1. The van der Waals surface area contributed by atoms with Crippen LogP contribution in [0.3, 0.4) is 0 Å². The zero-order valence-corrected chi connectivity index (χ0v) is 9.80. The molecule has 0 spiro atoms. The summed E-state index contributed by atoms with van der Waals surface area (Å²) in [5.74, 6) is 4.12. The van der Waals surface area contributed by atoms with E-state index in [1.165, 1.54) is 12.3 Å². The summed E-state index contributed by atoms with van der Waals surface area (Å²) in [6.45, 7) is 1.65. The lowest BCUT2D eigenvalue weighted by Gasteiger charge is -2.11. The van der Waals surface area contributed by atoms with Crippen molar-refractivity contribution < 1.29 is 23.5 Å². The van der Waals surface area contributed by atoms with Crippen LogP contribution in [-0.4, -0.2) is 24.5 Å². The van der Waals surface area contributed by atoms with Gasteiger partial charge in [0.25, 0.3) is 6.35 Å². The van der Waals surface area contributed by atoms with Crippen LogP contribution in [0.5, 0.6) is 5.75 Å². The lowest BCUT2D eigenvalue weighted by atomic mass is 10.1. The van der Waals surface area contributed by atoms with Crippen molar-refractivity contribution in [3.63, 3.8) is 0 Å². The first-order chi connectivity index (χ1) is 9.15. The van der Waals surface area contributed by atoms with Crippen molar-refractivity contribution in [2.45, 2.75) is 13.3 Å². The maximum atomic E-state index is 12.0. The number of aliphatic imine (C=N–C) groups is 1. The van der Waals surface area contributed by atoms with Gasteiger partial charge >= 0.3 is 11.9 Å². The highest BCUT2D eigenvalue weighted by Crippen LogP contribution is 2.42. The van der Waals surface area contributed by atoms with Crippen molar-refractivity contribution in [2.75, 3.05) is 0 Å². The van der Waals surface area contributed by atoms with Crippen molar-refractivity contribution in [3.8, 4) is 5.75 Å². The molecule has 2 aromatic heterocycles. The van der Waals surface area contributed by atoms with E-state index in [4.69, 9.17) is 19.7 Å². The number of carbonyl (C=O) groups excluding carboxylic acids is 2. The fourth-order valence-electron chi connectivity index (χ4n) is 1.94. The van der Waals surface area contributed by atoms with Gasteiger partial charge in [-0.1, -0.05) is 0 Å². The number of esters is 2. The number of nitrogens with two attached hydrogens (primary N) is 1. The normalized spacial score (nSPS) is 15.4. The van der Waals surface area contributed by atoms with Crippen molar-refractivity contribution in [2.24, 2.45) is 10.8 Å². The van der Waals surface area contributed by atoms with Crippen molar-refractivity contribution in [1.29, 1.82) is 0 Å². The van der Waals surface area contributed by atoms with E-state index in [2.05, 4.69) is 10.4 Å². The number of furan rings is 2. The Labute approximate surface area is 106 Å². The molecule has 3 rings (SSSR count). The van der Waals surface area contributed by atoms with Crippen molar-refractivity contribution >= 4 is 29.3 Å². The molecule has 8 nitrogen and oxygen atoms in total. The quantitative estimate of drug-likeness (QED) is 0.269. The Morgan fingerprint density at radius 2 is 2.42 bits per heavy atom. The van der Waals surface area contributed by atoms with Crippen molar-refractivity contribution in [3.05, 3.63) is 17.2 Å². The molecular weight excluding hydrogens is 254 g/mol. The highest BCUT2D eigenvalue weighted by atomic mass is 16.6. The van der Waals surface area contributed by atoms with Crippen molar-refractivity contribution in [1.82, 2.24) is 5.43 Å². The molecule has 1 unspecified atom stereocenters. The zero-order chi connectivity index (χ0) is 13.6. The molecule has 3 N–H and O–H groups in total. The van der Waals surface area contributed by atoms with E-state index in [1.54, 1.807) is 6.92 Å². The third-order valence-electron chi connectivity index (χ3n) is 2.68. The molecule has 0 saturated heterocycles. The van der Waals surface area contributed by atoms with Gasteiger partial charge in [0.2, 0.25) is 0 Å². The molecule has 1 aliphatic rings. The highest BCUT2D eigenvalue weighted by molar-refractivity contribution is 6.18. The molecule has 3 heterocycles. The second-order valence-electron chi connectivity index (χ2n) is 3.78. The predicted molar refractivity (Wildman–Crippen MR) is 63.1 cm³/mol. The first-order valence-electron chi connectivity index (χ1n) is 5.41. The number of fused-ring (bicyclic) bond motifs is 1. The van der Waals surface area contributed by atoms with Crippen LogP contribution in [0.25, 0.3) is 11.2 Å². The number of nitrogens with zero attached hydrogens (tertiary/aromatic N) is 1. The summed E-state index contributed by atoms with van der Waals surface area (Å²) in [5, 5.41) is 0. The summed E-state index contributed by atoms with van der Waals surface area (Å²) in [7, 11) is 0. The smallest absolute Gasteiger partial charge is 0.348 e. The summed E-state index contributed by atoms with van der Waals surface area (Å²) in [5.41, 5.74) is 2.84. The van der Waals surface area contributed by atoms with Crippen LogP contribution in [0, 0.1) is 0 Å². The molecule has 0 amide bonds. The van der Waals surface area contributed by atoms with Crippen LogP contribution < -0.4 is 16.0 Å². The highest BCUT2D eigenvalue weighted by Gasteiger charge is 2.39. The van der Waals surface area contributed by atoms with Gasteiger partial charge in [-0.25, -0.2) is 20.0 Å². The molecule has 0 aliphatic carbocycles. The monoisotopic (exact) mass is 263 g/mol. The second-order valence-corrected chi connectivity index (χ2v) is 3.78. The topological polar surface area (TPSA) is 116 Å². The molecule has 0 saturated carbocycles. The van der Waals surface area contributed by atoms with E-state index in [-0.39, 0.29) is 22.3 Å². The molecule has 98 valence electrons. The number of benzene rings is 1. The summed E-state index contributed by atoms with van der Waals surface area (Å²) in [6, 6.07) is 1.47. The first kappa shape index (κ1) is 11.6. The van der Waals surface area contributed by atoms with E-state index in [0.29, 0.717) is 5.75 Å². The number of hydrogen-bond acceptors (Lipinski definition) is 8. The van der Waals surface area contributed by atoms with Gasteiger partial charge in [-0.05, 0) is 6.92 Å². The van der Waals surface area contributed by atoms with Crippen LogP contribution in [0.1, 0.15) is 27.6 Å². The van der Waals surface area contributed by atoms with Gasteiger partial charge in [-0.3, -0.25) is 5.84 Å². The minimum absolute atomic E-state index is 0.0350. The van der Waals surface area contributed by atoms with Gasteiger partial charge in [-0.2, -0.15) is 0 Å². The number of rotatable bonds is 4. The first-order valence-corrected chi connectivity index (χ1v) is 5.41. The summed E-state index contributed by atoms with van der Waals surface area (Å²) < 4.78 is 15.2. The van der Waals surface area contributed by atoms with Gasteiger partial charge in [0, 0.05) is 12.3 Å². The maximum absolute atomic E-state index is 12.0. The molecule has 0 fully saturated rings. The Balaban J connectivity index is 1.93. The molecule has 2 bridgehead atoms. The summed E-state index contributed by atoms with van der Waals surface area (Å²) in [6.07, 6.45) is 0.396. The fourth-order valence-corrected chi connectivity index (χ4v) is 1.94. The van der Waals surface area contributed by atoms with Crippen LogP contribution in [0.15, 0.2) is 15.5 Å². The standard InChI is InChI=1S/C11H9N3O5/c1-2-13-11(14-12)19-9(15)6-4-3-5-8(17-4)7(6)10(16)18-5/h2-3,11,14H,12H2,1H3. The van der Waals surface area contributed by atoms with Gasteiger partial charge in [0.05, 0.1) is 0 Å². The van der Waals surface area contributed by atoms with Gasteiger partial charge in [-0.15, -0.1) is 0 Å². The van der Waals surface area contributed by atoms with E-state index in [9.17, 15) is 9.59 Å². The average Bonchev–Trinajstić information content (AvgIpc) is 2.98. The van der Waals surface area contributed by atoms with Gasteiger partial charge < -0.3 is 13.9 Å². The van der Waals surface area contributed by atoms with Gasteiger partial charge in [0.1, 0.15) is 16.7 Å². The lowest BCUT2D eigenvalue weighted by molar-refractivity contribution is 0.0241. The van der Waals surface area contributed by atoms with Crippen LogP contribution >= 0.6 is 0 Å². The van der Waals surface area contributed by atoms with E-state index in [1.807, 2.05) is 0 Å². The minimum atomic E-state index is -1.03. The molecule has 8 heteroatoms. The molecule has 0 radical (unpaired) electrons. The molecule has 0 aromatic carbocycles. The number of hydrazine groups is 1. The third-order valence-corrected chi connectivity index (χ3v) is 2.68. The molecule has 1 aliphatic heterocycles. The molecule has 19 heavy (non-hydrogen) atoms. The Kier molecular flexibility index (Phi) is 2.47. The number of ether oxygens (including phenoxy) is 2. The summed E-state index contributed by atoms with van der Waals surface area (Å²) in [4.78, 5) is 27.4. The molecule has 1 atom stereocenters. The Bertz CT molecular complexity index is 689. The van der Waals surface area contributed by atoms with Gasteiger partial charge in [0.15, 0.2) is 11.3 Å². The van der Waals surface area contributed by atoms with E-state index < -0.39 is 18.3 Å². The Hall–Kier alpha value is -2.45. The van der Waals surface area contributed by atoms with Crippen LogP contribution in [0.2, 0.25) is 0 Å². The third kappa shape index (κ3) is 1.58. The lowest BCUT2D eigenvalue weighted by Crippen LogP contribution is -2.37. The maximum Gasteiger partial charge on any atom is 0.348 e. The minimum Gasteiger partial charge on any atom is -0.451 e. The Morgan fingerprint density at radius 3 is 3.11 bits per heavy atom.